The number of hydrogen-bond acceptors (Lipinski definition) is 3. The van der Waals surface area contributed by atoms with Crippen LogP contribution in [0.2, 0.25) is 0 Å². The molecule has 4 heteroatoms. The lowest BCUT2D eigenvalue weighted by atomic mass is 9.97. The molecule has 2 aromatic rings. The van der Waals surface area contributed by atoms with E-state index in [2.05, 4.69) is 65.6 Å². The third-order valence-corrected chi connectivity index (χ3v) is 5.15. The van der Waals surface area contributed by atoms with Crippen LogP contribution in [0.25, 0.3) is 0 Å². The van der Waals surface area contributed by atoms with Gasteiger partial charge in [-0.1, -0.05) is 60.7 Å². The minimum atomic E-state index is -0.460. The summed E-state index contributed by atoms with van der Waals surface area (Å²) in [6.45, 7) is 8.44. The molecule has 3 rings (SSSR count). The van der Waals surface area contributed by atoms with E-state index in [4.69, 9.17) is 4.74 Å². The Morgan fingerprint density at radius 1 is 1.07 bits per heavy atom. The van der Waals surface area contributed by atoms with Crippen molar-refractivity contribution in [3.8, 4) is 0 Å². The van der Waals surface area contributed by atoms with Crippen LogP contribution in [0.3, 0.4) is 0 Å². The number of ether oxygens (including phenoxy) is 1. The molecule has 0 aromatic heterocycles. The molecule has 0 bridgehead atoms. The third kappa shape index (κ3) is 5.35. The van der Waals surface area contributed by atoms with E-state index in [1.807, 2.05) is 27.8 Å². The average molecular weight is 381 g/mol. The van der Waals surface area contributed by atoms with Gasteiger partial charge in [0.05, 0.1) is 6.04 Å². The van der Waals surface area contributed by atoms with Gasteiger partial charge in [0, 0.05) is 20.1 Å². The Labute approximate surface area is 169 Å². The van der Waals surface area contributed by atoms with Crippen molar-refractivity contribution in [2.75, 3.05) is 26.7 Å². The predicted octanol–water partition coefficient (Wildman–Crippen LogP) is 4.96. The first-order valence-electron chi connectivity index (χ1n) is 10.1. The first-order valence-corrected chi connectivity index (χ1v) is 10.1. The molecule has 28 heavy (non-hydrogen) atoms. The van der Waals surface area contributed by atoms with Gasteiger partial charge in [-0.2, -0.15) is 0 Å². The van der Waals surface area contributed by atoms with Crippen LogP contribution < -0.4 is 0 Å². The van der Waals surface area contributed by atoms with Crippen molar-refractivity contribution >= 4 is 6.09 Å². The van der Waals surface area contributed by atoms with Crippen LogP contribution in [-0.2, 0) is 4.74 Å². The number of amides is 1. The Hall–Kier alpha value is -2.33. The van der Waals surface area contributed by atoms with Crippen LogP contribution in [0, 0.1) is 5.92 Å². The third-order valence-electron chi connectivity index (χ3n) is 5.15. The van der Waals surface area contributed by atoms with E-state index in [0.717, 1.165) is 26.1 Å². The van der Waals surface area contributed by atoms with Gasteiger partial charge in [0.2, 0.25) is 0 Å². The summed E-state index contributed by atoms with van der Waals surface area (Å²) >= 11 is 0. The Morgan fingerprint density at radius 2 is 1.61 bits per heavy atom. The predicted molar refractivity (Wildman–Crippen MR) is 113 cm³/mol. The van der Waals surface area contributed by atoms with Crippen LogP contribution in [-0.4, -0.2) is 48.2 Å². The van der Waals surface area contributed by atoms with Gasteiger partial charge in [-0.25, -0.2) is 4.79 Å². The van der Waals surface area contributed by atoms with Crippen molar-refractivity contribution < 1.29 is 9.53 Å². The SMILES string of the molecule is CN(CC1CCN(C(c2ccccc2)c2ccccc2)C1)C(=O)OC(C)(C)C. The summed E-state index contributed by atoms with van der Waals surface area (Å²) in [6, 6.07) is 21.6. The molecule has 4 nitrogen and oxygen atoms in total. The van der Waals surface area contributed by atoms with Crippen molar-refractivity contribution in [1.29, 1.82) is 0 Å². The van der Waals surface area contributed by atoms with E-state index >= 15 is 0 Å². The molecule has 1 heterocycles. The largest absolute Gasteiger partial charge is 0.444 e. The van der Waals surface area contributed by atoms with Gasteiger partial charge in [0.15, 0.2) is 0 Å². The number of carbonyl (C=O) groups excluding carboxylic acids is 1. The molecule has 0 spiro atoms. The number of nitrogens with zero attached hydrogens (tertiary/aromatic N) is 2. The molecule has 0 radical (unpaired) electrons. The number of likely N-dealkylation sites (tertiary alicyclic amines) is 1. The van der Waals surface area contributed by atoms with Crippen LogP contribution in [0.1, 0.15) is 44.4 Å². The average Bonchev–Trinajstić information content (AvgIpc) is 3.10. The lowest BCUT2D eigenvalue weighted by Crippen LogP contribution is -2.37. The van der Waals surface area contributed by atoms with Gasteiger partial charge in [0.25, 0.3) is 0 Å². The van der Waals surface area contributed by atoms with Gasteiger partial charge < -0.3 is 9.64 Å². The van der Waals surface area contributed by atoms with Crippen LogP contribution in [0.4, 0.5) is 4.79 Å². The van der Waals surface area contributed by atoms with E-state index in [1.54, 1.807) is 4.90 Å². The Balaban J connectivity index is 1.69. The fourth-order valence-electron chi connectivity index (χ4n) is 3.93. The summed E-state index contributed by atoms with van der Waals surface area (Å²) < 4.78 is 5.50. The summed E-state index contributed by atoms with van der Waals surface area (Å²) in [5.74, 6) is 0.451. The zero-order valence-corrected chi connectivity index (χ0v) is 17.5. The molecule has 1 aliphatic rings. The second-order valence-electron chi connectivity index (χ2n) is 8.73. The van der Waals surface area contributed by atoms with Gasteiger partial charge in [-0.15, -0.1) is 0 Å². The van der Waals surface area contributed by atoms with Crippen molar-refractivity contribution in [2.24, 2.45) is 5.92 Å². The molecule has 0 aliphatic carbocycles. The number of benzene rings is 2. The standard InChI is InChI=1S/C24H32N2O2/c1-24(2,3)28-23(27)25(4)17-19-15-16-26(18-19)22(20-11-7-5-8-12-20)21-13-9-6-10-14-21/h5-14,19,22H,15-18H2,1-4H3. The zero-order valence-electron chi connectivity index (χ0n) is 17.5. The summed E-state index contributed by atoms with van der Waals surface area (Å²) in [5, 5.41) is 0. The van der Waals surface area contributed by atoms with Crippen molar-refractivity contribution in [1.82, 2.24) is 9.80 Å². The molecule has 1 fully saturated rings. The summed E-state index contributed by atoms with van der Waals surface area (Å²) in [4.78, 5) is 16.6. The number of carbonyl (C=O) groups is 1. The molecule has 1 atom stereocenters. The fraction of sp³-hybridized carbons (Fsp3) is 0.458. The van der Waals surface area contributed by atoms with E-state index in [9.17, 15) is 4.79 Å². The maximum Gasteiger partial charge on any atom is 0.410 e. The minimum Gasteiger partial charge on any atom is -0.444 e. The van der Waals surface area contributed by atoms with Crippen molar-refractivity contribution in [3.05, 3.63) is 71.8 Å². The maximum absolute atomic E-state index is 12.3. The maximum atomic E-state index is 12.3. The monoisotopic (exact) mass is 380 g/mol. The van der Waals surface area contributed by atoms with Crippen molar-refractivity contribution in [3.63, 3.8) is 0 Å². The van der Waals surface area contributed by atoms with Crippen molar-refractivity contribution in [2.45, 2.75) is 38.8 Å². The second kappa shape index (κ2) is 8.78. The van der Waals surface area contributed by atoms with Crippen LogP contribution >= 0.6 is 0 Å². The Kier molecular flexibility index (Phi) is 6.40. The Morgan fingerprint density at radius 3 is 2.11 bits per heavy atom. The highest BCUT2D eigenvalue weighted by Crippen LogP contribution is 2.33. The van der Waals surface area contributed by atoms with E-state index in [1.165, 1.54) is 11.1 Å². The topological polar surface area (TPSA) is 32.8 Å². The van der Waals surface area contributed by atoms with E-state index in [-0.39, 0.29) is 12.1 Å². The Bertz CT molecular complexity index is 716. The molecule has 150 valence electrons. The van der Waals surface area contributed by atoms with Gasteiger partial charge in [-0.3, -0.25) is 4.90 Å². The normalized spacial score (nSPS) is 17.7. The lowest BCUT2D eigenvalue weighted by Gasteiger charge is -2.30. The summed E-state index contributed by atoms with van der Waals surface area (Å²) in [6.07, 6.45) is 0.845. The highest BCUT2D eigenvalue weighted by molar-refractivity contribution is 5.67. The second-order valence-corrected chi connectivity index (χ2v) is 8.73. The van der Waals surface area contributed by atoms with Gasteiger partial charge in [-0.05, 0) is 50.8 Å². The molecule has 1 unspecified atom stereocenters. The quantitative estimate of drug-likeness (QED) is 0.734. The number of hydrogen-bond donors (Lipinski definition) is 0. The summed E-state index contributed by atoms with van der Waals surface area (Å²) in [7, 11) is 1.84. The highest BCUT2D eigenvalue weighted by atomic mass is 16.6. The lowest BCUT2D eigenvalue weighted by molar-refractivity contribution is 0.0274. The smallest absolute Gasteiger partial charge is 0.410 e. The minimum absolute atomic E-state index is 0.242. The molecule has 1 aliphatic heterocycles. The number of rotatable bonds is 5. The molecule has 0 saturated carbocycles. The van der Waals surface area contributed by atoms with Gasteiger partial charge in [0.1, 0.15) is 5.60 Å². The molecule has 1 saturated heterocycles. The first kappa shape index (κ1) is 20.4. The molecular weight excluding hydrogens is 348 g/mol. The first-order chi connectivity index (χ1) is 13.3. The fourth-order valence-corrected chi connectivity index (χ4v) is 3.93. The summed E-state index contributed by atoms with van der Waals surface area (Å²) in [5.41, 5.74) is 2.17. The van der Waals surface area contributed by atoms with Gasteiger partial charge >= 0.3 is 6.09 Å². The van der Waals surface area contributed by atoms with E-state index < -0.39 is 5.60 Å². The molecule has 0 N–H and O–H groups in total. The molecular formula is C24H32N2O2. The highest BCUT2D eigenvalue weighted by Gasteiger charge is 2.32. The molecule has 1 amide bonds. The van der Waals surface area contributed by atoms with Crippen LogP contribution in [0.15, 0.2) is 60.7 Å². The zero-order chi connectivity index (χ0) is 20.1. The molecule has 2 aromatic carbocycles. The van der Waals surface area contributed by atoms with Crippen LogP contribution in [0.5, 0.6) is 0 Å². The van der Waals surface area contributed by atoms with E-state index in [0.29, 0.717) is 5.92 Å².